The van der Waals surface area contributed by atoms with Crippen molar-refractivity contribution < 1.29 is 18.8 Å². The number of hydrogen-bond donors (Lipinski definition) is 0. The van der Waals surface area contributed by atoms with E-state index in [-0.39, 0.29) is 18.0 Å². The highest BCUT2D eigenvalue weighted by Gasteiger charge is 2.26. The summed E-state index contributed by atoms with van der Waals surface area (Å²) < 4.78 is 16.0. The van der Waals surface area contributed by atoms with Gasteiger partial charge in [0.05, 0.1) is 18.9 Å². The molecule has 0 saturated carbocycles. The zero-order valence-electron chi connectivity index (χ0n) is 14.9. The molecular formula is C18H20N4O4. The van der Waals surface area contributed by atoms with E-state index in [2.05, 4.69) is 15.1 Å². The van der Waals surface area contributed by atoms with E-state index in [1.54, 1.807) is 6.92 Å². The average Bonchev–Trinajstić information content (AvgIpc) is 3.09. The van der Waals surface area contributed by atoms with Crippen molar-refractivity contribution in [2.45, 2.75) is 20.8 Å². The average molecular weight is 356 g/mol. The molecule has 0 aliphatic rings. The van der Waals surface area contributed by atoms with Gasteiger partial charge in [0.1, 0.15) is 23.3 Å². The number of esters is 1. The van der Waals surface area contributed by atoms with Crippen molar-refractivity contribution >= 4 is 28.6 Å². The van der Waals surface area contributed by atoms with Crippen LogP contribution in [0.25, 0.3) is 11.1 Å². The normalized spacial score (nSPS) is 10.7. The van der Waals surface area contributed by atoms with Crippen LogP contribution in [-0.4, -0.2) is 40.9 Å². The summed E-state index contributed by atoms with van der Waals surface area (Å²) in [5, 5.41) is 4.25. The number of ether oxygens (including phenoxy) is 2. The first-order valence-corrected chi connectivity index (χ1v) is 8.48. The van der Waals surface area contributed by atoms with Crippen LogP contribution < -0.4 is 9.64 Å². The summed E-state index contributed by atoms with van der Waals surface area (Å²) in [5.41, 5.74) is 1.11. The Hall–Kier alpha value is -3.16. The molecule has 0 aliphatic carbocycles. The number of carbonyl (C=O) groups is 1. The second kappa shape index (κ2) is 7.81. The van der Waals surface area contributed by atoms with Gasteiger partial charge < -0.3 is 18.9 Å². The van der Waals surface area contributed by atoms with Gasteiger partial charge in [0.15, 0.2) is 0 Å². The highest BCUT2D eigenvalue weighted by molar-refractivity contribution is 6.05. The van der Waals surface area contributed by atoms with Gasteiger partial charge in [-0.15, -0.1) is 0 Å². The fraction of sp³-hybridized carbons (Fsp3) is 0.333. The van der Waals surface area contributed by atoms with Crippen molar-refractivity contribution in [3.8, 4) is 5.75 Å². The number of fused-ring (bicyclic) bond motifs is 1. The lowest BCUT2D eigenvalue weighted by Gasteiger charge is -2.24. The predicted molar refractivity (Wildman–Crippen MR) is 95.8 cm³/mol. The maximum atomic E-state index is 12.2. The molecule has 0 aliphatic heterocycles. The van der Waals surface area contributed by atoms with Crippen LogP contribution in [0.3, 0.4) is 0 Å². The van der Waals surface area contributed by atoms with Crippen LogP contribution in [0.2, 0.25) is 0 Å². The lowest BCUT2D eigenvalue weighted by atomic mass is 10.2. The van der Waals surface area contributed by atoms with Crippen LogP contribution in [0.4, 0.5) is 11.5 Å². The predicted octanol–water partition coefficient (Wildman–Crippen LogP) is 3.35. The van der Waals surface area contributed by atoms with Crippen LogP contribution in [-0.2, 0) is 4.74 Å². The molecule has 3 aromatic rings. The van der Waals surface area contributed by atoms with Gasteiger partial charge in [0, 0.05) is 6.54 Å². The third-order valence-electron chi connectivity index (χ3n) is 3.75. The molecule has 3 rings (SSSR count). The fourth-order valence-corrected chi connectivity index (χ4v) is 2.71. The highest BCUT2D eigenvalue weighted by atomic mass is 16.5. The largest absolute Gasteiger partial charge is 0.492 e. The van der Waals surface area contributed by atoms with E-state index in [0.717, 1.165) is 11.4 Å². The fourth-order valence-electron chi connectivity index (χ4n) is 2.71. The molecule has 0 amide bonds. The molecule has 0 saturated heterocycles. The van der Waals surface area contributed by atoms with E-state index in [4.69, 9.17) is 14.0 Å². The third-order valence-corrected chi connectivity index (χ3v) is 3.75. The Morgan fingerprint density at radius 2 is 1.96 bits per heavy atom. The Kier molecular flexibility index (Phi) is 5.31. The number of benzene rings is 1. The van der Waals surface area contributed by atoms with Crippen molar-refractivity contribution in [2.24, 2.45) is 0 Å². The third kappa shape index (κ3) is 3.17. The number of hydrogen-bond acceptors (Lipinski definition) is 8. The first kappa shape index (κ1) is 17.7. The molecule has 8 heteroatoms. The molecule has 2 heterocycles. The molecule has 8 nitrogen and oxygen atoms in total. The monoisotopic (exact) mass is 356 g/mol. The quantitative estimate of drug-likeness (QED) is 0.595. The molecule has 0 N–H and O–H groups in total. The van der Waals surface area contributed by atoms with Gasteiger partial charge in [-0.25, -0.2) is 9.78 Å². The topological polar surface area (TPSA) is 90.6 Å². The molecule has 1 aromatic carbocycles. The first-order chi connectivity index (χ1) is 12.7. The number of aromatic nitrogens is 3. The number of para-hydroxylation sites is 2. The van der Waals surface area contributed by atoms with Crippen molar-refractivity contribution in [1.29, 1.82) is 0 Å². The summed E-state index contributed by atoms with van der Waals surface area (Å²) in [6, 6.07) is 7.64. The molecule has 136 valence electrons. The Labute approximate surface area is 150 Å². The van der Waals surface area contributed by atoms with Gasteiger partial charge in [-0.2, -0.15) is 4.98 Å². The molecule has 2 aromatic heterocycles. The van der Waals surface area contributed by atoms with E-state index in [1.165, 1.54) is 6.33 Å². The van der Waals surface area contributed by atoms with E-state index in [9.17, 15) is 4.79 Å². The molecule has 26 heavy (non-hydrogen) atoms. The minimum atomic E-state index is -0.573. The van der Waals surface area contributed by atoms with Gasteiger partial charge in [-0.05, 0) is 32.9 Å². The zero-order chi connectivity index (χ0) is 18.5. The van der Waals surface area contributed by atoms with Gasteiger partial charge in [-0.1, -0.05) is 17.3 Å². The number of anilines is 2. The molecule has 0 bridgehead atoms. The number of rotatable bonds is 7. The van der Waals surface area contributed by atoms with Crippen LogP contribution in [0.1, 0.15) is 31.3 Å². The minimum Gasteiger partial charge on any atom is -0.492 e. The summed E-state index contributed by atoms with van der Waals surface area (Å²) in [5.74, 6) is 0.656. The molecule has 0 fully saturated rings. The van der Waals surface area contributed by atoms with Gasteiger partial charge in [0.2, 0.25) is 5.69 Å². The second-order valence-electron chi connectivity index (χ2n) is 5.27. The Bertz CT molecular complexity index is 909. The SMILES string of the molecule is CCOC(=O)c1noc2ncnc(N(CC)c3ccccc3OCC)c12. The molecule has 0 atom stereocenters. The van der Waals surface area contributed by atoms with E-state index >= 15 is 0 Å². The van der Waals surface area contributed by atoms with Crippen molar-refractivity contribution in [2.75, 3.05) is 24.7 Å². The molecular weight excluding hydrogens is 336 g/mol. The molecule has 0 unspecified atom stereocenters. The van der Waals surface area contributed by atoms with E-state index in [1.807, 2.05) is 43.0 Å². The van der Waals surface area contributed by atoms with E-state index < -0.39 is 5.97 Å². The van der Waals surface area contributed by atoms with Crippen LogP contribution in [0, 0.1) is 0 Å². The minimum absolute atomic E-state index is 0.0600. The van der Waals surface area contributed by atoms with Crippen LogP contribution in [0.5, 0.6) is 5.75 Å². The van der Waals surface area contributed by atoms with Gasteiger partial charge >= 0.3 is 5.97 Å². The summed E-state index contributed by atoms with van der Waals surface area (Å²) in [7, 11) is 0. The molecule has 0 radical (unpaired) electrons. The lowest BCUT2D eigenvalue weighted by molar-refractivity contribution is 0.0517. The number of carbonyl (C=O) groups excluding carboxylic acids is 1. The summed E-state index contributed by atoms with van der Waals surface area (Å²) in [6.07, 6.45) is 1.38. The maximum Gasteiger partial charge on any atom is 0.361 e. The Morgan fingerprint density at radius 1 is 1.15 bits per heavy atom. The Balaban J connectivity index is 2.17. The van der Waals surface area contributed by atoms with Crippen molar-refractivity contribution in [3.63, 3.8) is 0 Å². The summed E-state index contributed by atoms with van der Waals surface area (Å²) >= 11 is 0. The summed E-state index contributed by atoms with van der Waals surface area (Å²) in [4.78, 5) is 22.6. The van der Waals surface area contributed by atoms with Gasteiger partial charge in [0.25, 0.3) is 5.71 Å². The van der Waals surface area contributed by atoms with Gasteiger partial charge in [-0.3, -0.25) is 0 Å². The van der Waals surface area contributed by atoms with Crippen LogP contribution >= 0.6 is 0 Å². The lowest BCUT2D eigenvalue weighted by Crippen LogP contribution is -2.19. The molecule has 0 spiro atoms. The highest BCUT2D eigenvalue weighted by Crippen LogP contribution is 2.36. The van der Waals surface area contributed by atoms with E-state index in [0.29, 0.717) is 24.4 Å². The first-order valence-electron chi connectivity index (χ1n) is 8.48. The van der Waals surface area contributed by atoms with Crippen molar-refractivity contribution in [1.82, 2.24) is 15.1 Å². The smallest absolute Gasteiger partial charge is 0.361 e. The maximum absolute atomic E-state index is 12.2. The zero-order valence-corrected chi connectivity index (χ0v) is 14.9. The second-order valence-corrected chi connectivity index (χ2v) is 5.27. The van der Waals surface area contributed by atoms with Crippen molar-refractivity contribution in [3.05, 3.63) is 36.3 Å². The Morgan fingerprint density at radius 3 is 2.69 bits per heavy atom. The number of nitrogens with zero attached hydrogens (tertiary/aromatic N) is 4. The standard InChI is InChI=1S/C18H20N4O4/c1-4-22(12-9-7-8-10-13(12)24-5-2)16-14-15(18(23)25-6-3)21-26-17(14)20-11-19-16/h7-11H,4-6H2,1-3H3. The summed E-state index contributed by atoms with van der Waals surface area (Å²) in [6.45, 7) is 7.00. The van der Waals surface area contributed by atoms with Crippen LogP contribution in [0.15, 0.2) is 35.1 Å².